The zero-order chi connectivity index (χ0) is 14.0. The topological polar surface area (TPSA) is 101 Å². The van der Waals surface area contributed by atoms with Gasteiger partial charge in [0, 0.05) is 0 Å². The van der Waals surface area contributed by atoms with E-state index in [0.717, 1.165) is 12.8 Å². The lowest BCUT2D eigenvalue weighted by atomic mass is 9.98. The number of rotatable bonds is 5. The van der Waals surface area contributed by atoms with Crippen molar-refractivity contribution in [3.05, 3.63) is 0 Å². The van der Waals surface area contributed by atoms with Crippen LogP contribution >= 0.6 is 0 Å². The summed E-state index contributed by atoms with van der Waals surface area (Å²) in [5.41, 5.74) is -1.27. The first-order valence-corrected chi connectivity index (χ1v) is 7.67. The highest BCUT2D eigenvalue weighted by Gasteiger charge is 2.43. The van der Waals surface area contributed by atoms with E-state index >= 15 is 0 Å². The molecule has 0 saturated heterocycles. The van der Waals surface area contributed by atoms with E-state index in [9.17, 15) is 18.0 Å². The summed E-state index contributed by atoms with van der Waals surface area (Å²) in [7, 11) is -3.50. The molecule has 104 valence electrons. The molecule has 0 aliphatic heterocycles. The Hall–Kier alpha value is -1.11. The highest BCUT2D eigenvalue weighted by atomic mass is 32.2. The van der Waals surface area contributed by atoms with Gasteiger partial charge < -0.3 is 10.4 Å². The van der Waals surface area contributed by atoms with Gasteiger partial charge >= 0.3 is 5.97 Å². The lowest BCUT2D eigenvalue weighted by Crippen LogP contribution is -2.54. The zero-order valence-corrected chi connectivity index (χ0v) is 11.4. The van der Waals surface area contributed by atoms with Gasteiger partial charge in [0.2, 0.25) is 5.91 Å². The molecular formula is C11H19NO5S. The predicted octanol–water partition coefficient (Wildman–Crippen LogP) is 0.323. The second-order valence-corrected chi connectivity index (χ2v) is 7.56. The van der Waals surface area contributed by atoms with E-state index in [2.05, 4.69) is 5.32 Å². The Morgan fingerprint density at radius 1 is 1.28 bits per heavy atom. The summed E-state index contributed by atoms with van der Waals surface area (Å²) >= 11 is 0. The van der Waals surface area contributed by atoms with Crippen LogP contribution in [0.1, 0.15) is 39.5 Å². The minimum absolute atomic E-state index is 0.357. The van der Waals surface area contributed by atoms with Crippen molar-refractivity contribution >= 4 is 21.7 Å². The van der Waals surface area contributed by atoms with Gasteiger partial charge in [-0.2, -0.15) is 0 Å². The second kappa shape index (κ2) is 5.26. The first kappa shape index (κ1) is 14.9. The molecule has 0 unspecified atom stereocenters. The predicted molar refractivity (Wildman–Crippen MR) is 65.9 cm³/mol. The molecule has 1 rings (SSSR count). The van der Waals surface area contributed by atoms with E-state index in [-0.39, 0.29) is 0 Å². The number of carbonyl (C=O) groups excluding carboxylic acids is 1. The van der Waals surface area contributed by atoms with Gasteiger partial charge in [-0.3, -0.25) is 4.79 Å². The number of sulfone groups is 1. The Bertz CT molecular complexity index is 434. The Balaban J connectivity index is 2.73. The fourth-order valence-electron chi connectivity index (χ4n) is 2.02. The molecule has 0 radical (unpaired) electrons. The summed E-state index contributed by atoms with van der Waals surface area (Å²) in [6.07, 6.45) is 2.17. The first-order valence-electron chi connectivity index (χ1n) is 5.95. The molecule has 1 fully saturated rings. The third-order valence-electron chi connectivity index (χ3n) is 3.30. The summed E-state index contributed by atoms with van der Waals surface area (Å²) < 4.78 is 23.2. The largest absolute Gasteiger partial charge is 0.480 e. The Morgan fingerprint density at radius 3 is 2.17 bits per heavy atom. The quantitative estimate of drug-likeness (QED) is 0.754. The van der Waals surface area contributed by atoms with Crippen LogP contribution in [0, 0.1) is 0 Å². The zero-order valence-electron chi connectivity index (χ0n) is 10.6. The molecule has 0 aromatic rings. The van der Waals surface area contributed by atoms with Crippen LogP contribution in [0.25, 0.3) is 0 Å². The Morgan fingerprint density at radius 2 is 1.78 bits per heavy atom. The molecule has 6 nitrogen and oxygen atoms in total. The molecule has 0 atom stereocenters. The molecule has 1 aliphatic carbocycles. The monoisotopic (exact) mass is 277 g/mol. The highest BCUT2D eigenvalue weighted by molar-refractivity contribution is 7.92. The molecule has 0 spiro atoms. The van der Waals surface area contributed by atoms with Gasteiger partial charge in [-0.25, -0.2) is 13.2 Å². The maximum atomic E-state index is 11.7. The Labute approximate surface area is 107 Å². The SMILES string of the molecule is CC(C)S(=O)(=O)CC(=O)NC1(C(=O)O)CCCC1. The number of carboxylic acid groups (broad SMARTS) is 1. The summed E-state index contributed by atoms with van der Waals surface area (Å²) in [6, 6.07) is 0. The van der Waals surface area contributed by atoms with Crippen molar-refractivity contribution in [2.45, 2.75) is 50.3 Å². The van der Waals surface area contributed by atoms with Crippen LogP contribution in [0.4, 0.5) is 0 Å². The van der Waals surface area contributed by atoms with Crippen LogP contribution in [-0.2, 0) is 19.4 Å². The third-order valence-corrected chi connectivity index (χ3v) is 5.40. The van der Waals surface area contributed by atoms with Crippen molar-refractivity contribution in [2.24, 2.45) is 0 Å². The molecular weight excluding hydrogens is 258 g/mol. The minimum atomic E-state index is -3.50. The minimum Gasteiger partial charge on any atom is -0.480 e. The number of hydrogen-bond donors (Lipinski definition) is 2. The average Bonchev–Trinajstić information content (AvgIpc) is 2.66. The van der Waals surface area contributed by atoms with Gasteiger partial charge in [-0.15, -0.1) is 0 Å². The van der Waals surface area contributed by atoms with Crippen LogP contribution < -0.4 is 5.32 Å². The van der Waals surface area contributed by atoms with Crippen LogP contribution in [0.3, 0.4) is 0 Å². The fraction of sp³-hybridized carbons (Fsp3) is 0.818. The van der Waals surface area contributed by atoms with Crippen LogP contribution in [0.5, 0.6) is 0 Å². The van der Waals surface area contributed by atoms with Crippen molar-refractivity contribution in [2.75, 3.05) is 5.75 Å². The fourth-order valence-corrected chi connectivity index (χ4v) is 2.79. The van der Waals surface area contributed by atoms with E-state index in [1.807, 2.05) is 0 Å². The van der Waals surface area contributed by atoms with Crippen LogP contribution in [0.2, 0.25) is 0 Å². The van der Waals surface area contributed by atoms with Gasteiger partial charge in [-0.1, -0.05) is 12.8 Å². The molecule has 0 heterocycles. The molecule has 0 aromatic heterocycles. The van der Waals surface area contributed by atoms with E-state index in [4.69, 9.17) is 5.11 Å². The Kier molecular flexibility index (Phi) is 4.37. The molecule has 1 aliphatic rings. The number of aliphatic carboxylic acids is 1. The lowest BCUT2D eigenvalue weighted by Gasteiger charge is -2.25. The standard InChI is InChI=1S/C11H19NO5S/c1-8(2)18(16,17)7-9(13)12-11(10(14)15)5-3-4-6-11/h8H,3-7H2,1-2H3,(H,12,13)(H,14,15). The van der Waals surface area contributed by atoms with Crippen molar-refractivity contribution in [1.82, 2.24) is 5.32 Å². The highest BCUT2D eigenvalue weighted by Crippen LogP contribution is 2.29. The maximum Gasteiger partial charge on any atom is 0.329 e. The van der Waals surface area contributed by atoms with Gasteiger partial charge in [-0.05, 0) is 26.7 Å². The van der Waals surface area contributed by atoms with Gasteiger partial charge in [0.15, 0.2) is 9.84 Å². The molecule has 2 N–H and O–H groups in total. The smallest absolute Gasteiger partial charge is 0.329 e. The number of carbonyl (C=O) groups is 2. The van der Waals surface area contributed by atoms with Crippen LogP contribution in [0.15, 0.2) is 0 Å². The third kappa shape index (κ3) is 3.22. The van der Waals surface area contributed by atoms with Crippen molar-refractivity contribution in [3.8, 4) is 0 Å². The molecule has 18 heavy (non-hydrogen) atoms. The molecule has 0 bridgehead atoms. The summed E-state index contributed by atoms with van der Waals surface area (Å²) in [5, 5.41) is 10.9. The molecule has 1 saturated carbocycles. The lowest BCUT2D eigenvalue weighted by molar-refractivity contribution is -0.147. The van der Waals surface area contributed by atoms with E-state index < -0.39 is 38.3 Å². The average molecular weight is 277 g/mol. The summed E-state index contributed by atoms with van der Waals surface area (Å²) in [4.78, 5) is 22.9. The van der Waals surface area contributed by atoms with E-state index in [0.29, 0.717) is 12.8 Å². The van der Waals surface area contributed by atoms with Gasteiger partial charge in [0.1, 0.15) is 11.3 Å². The van der Waals surface area contributed by atoms with E-state index in [1.165, 1.54) is 13.8 Å². The summed E-state index contributed by atoms with van der Waals surface area (Å²) in [6.45, 7) is 2.98. The van der Waals surface area contributed by atoms with Crippen LogP contribution in [-0.4, -0.2) is 41.9 Å². The van der Waals surface area contributed by atoms with Crippen molar-refractivity contribution in [1.29, 1.82) is 0 Å². The second-order valence-electron chi connectivity index (χ2n) is 5.00. The van der Waals surface area contributed by atoms with Gasteiger partial charge in [0.05, 0.1) is 5.25 Å². The van der Waals surface area contributed by atoms with Gasteiger partial charge in [0.25, 0.3) is 0 Å². The summed E-state index contributed by atoms with van der Waals surface area (Å²) in [5.74, 6) is -2.47. The maximum absolute atomic E-state index is 11.7. The number of nitrogens with one attached hydrogen (secondary N) is 1. The molecule has 7 heteroatoms. The van der Waals surface area contributed by atoms with Crippen molar-refractivity contribution in [3.63, 3.8) is 0 Å². The number of hydrogen-bond acceptors (Lipinski definition) is 4. The normalized spacial score (nSPS) is 18.8. The molecule has 0 aromatic carbocycles. The molecule has 1 amide bonds. The number of amides is 1. The van der Waals surface area contributed by atoms with E-state index in [1.54, 1.807) is 0 Å². The first-order chi connectivity index (χ1) is 8.19. The van der Waals surface area contributed by atoms with Crippen molar-refractivity contribution < 1.29 is 23.1 Å². The number of carboxylic acids is 1.